The normalized spacial score (nSPS) is 10.9. The van der Waals surface area contributed by atoms with Gasteiger partial charge in [0.05, 0.1) is 11.6 Å². The molecule has 0 aliphatic carbocycles. The third kappa shape index (κ3) is 1.32. The molecule has 0 saturated carbocycles. The predicted molar refractivity (Wildman–Crippen MR) is 28.1 cm³/mol. The van der Waals surface area contributed by atoms with E-state index in [0.717, 1.165) is 0 Å². The Balaban J connectivity index is 4.41. The van der Waals surface area contributed by atoms with E-state index >= 15 is 0 Å². The molecule has 2 N–H and O–H groups in total. The summed E-state index contributed by atoms with van der Waals surface area (Å²) >= 11 is 0. The van der Waals surface area contributed by atoms with Crippen molar-refractivity contribution in [3.05, 3.63) is 11.3 Å². The molecule has 40 valence electrons. The molecular weight excluding hydrogens is 102 g/mol. The minimum atomic E-state index is -0.00694. The van der Waals surface area contributed by atoms with Gasteiger partial charge in [0.15, 0.2) is 0 Å². The predicted octanol–water partition coefficient (Wildman–Crippen LogP) is 0.266. The molecule has 0 bridgehead atoms. The minimum absolute atomic E-state index is 0.00694. The lowest BCUT2D eigenvalue weighted by atomic mass is 10.3. The maximum Gasteiger partial charge on any atom is 0.124 e. The zero-order chi connectivity index (χ0) is 6.57. The van der Waals surface area contributed by atoms with Gasteiger partial charge in [-0.1, -0.05) is 0 Å². The minimum Gasteiger partial charge on any atom is -0.389 e. The second-order valence-electron chi connectivity index (χ2n) is 1.26. The van der Waals surface area contributed by atoms with Gasteiger partial charge in [-0.3, -0.25) is 0 Å². The molecular formula is C5H5N3. The molecule has 0 atom stereocenters. The lowest BCUT2D eigenvalue weighted by Crippen LogP contribution is -1.95. The summed E-state index contributed by atoms with van der Waals surface area (Å²) in [7, 11) is 0. The largest absolute Gasteiger partial charge is 0.389 e. The molecule has 0 amide bonds. The highest BCUT2D eigenvalue weighted by atomic mass is 14.6. The lowest BCUT2D eigenvalue weighted by Gasteiger charge is -1.82. The summed E-state index contributed by atoms with van der Waals surface area (Å²) in [6.07, 6.45) is 0. The van der Waals surface area contributed by atoms with Gasteiger partial charge in [0, 0.05) is 0 Å². The molecule has 0 fully saturated rings. The van der Waals surface area contributed by atoms with Gasteiger partial charge in [-0.15, -0.1) is 0 Å². The van der Waals surface area contributed by atoms with Crippen molar-refractivity contribution in [3.8, 4) is 12.1 Å². The van der Waals surface area contributed by atoms with E-state index < -0.39 is 0 Å². The van der Waals surface area contributed by atoms with E-state index in [9.17, 15) is 0 Å². The molecule has 0 unspecified atom stereocenters. The van der Waals surface area contributed by atoms with E-state index in [-0.39, 0.29) is 11.3 Å². The van der Waals surface area contributed by atoms with E-state index in [1.54, 1.807) is 12.1 Å². The third-order valence-electron chi connectivity index (χ3n) is 0.692. The van der Waals surface area contributed by atoms with Gasteiger partial charge in [0.2, 0.25) is 0 Å². The molecule has 0 aliphatic heterocycles. The Morgan fingerprint density at radius 1 is 1.38 bits per heavy atom. The molecule has 0 spiro atoms. The molecule has 0 aromatic rings. The van der Waals surface area contributed by atoms with Crippen molar-refractivity contribution < 1.29 is 0 Å². The van der Waals surface area contributed by atoms with Crippen LogP contribution in [0.1, 0.15) is 6.92 Å². The first-order valence-electron chi connectivity index (χ1n) is 1.99. The Kier molecular flexibility index (Phi) is 2.16. The summed E-state index contributed by atoms with van der Waals surface area (Å²) in [5, 5.41) is 16.1. The molecule has 0 aliphatic rings. The maximum absolute atomic E-state index is 8.10. The van der Waals surface area contributed by atoms with E-state index in [1.807, 2.05) is 0 Å². The van der Waals surface area contributed by atoms with E-state index in [2.05, 4.69) is 0 Å². The second-order valence-corrected chi connectivity index (χ2v) is 1.26. The Labute approximate surface area is 47.6 Å². The molecule has 0 rings (SSSR count). The Bertz CT molecular complexity index is 167. The van der Waals surface area contributed by atoms with Gasteiger partial charge >= 0.3 is 0 Å². The van der Waals surface area contributed by atoms with Crippen molar-refractivity contribution in [1.29, 1.82) is 10.5 Å². The number of nitrogens with zero attached hydrogens (tertiary/aromatic N) is 2. The summed E-state index contributed by atoms with van der Waals surface area (Å²) < 4.78 is 0. The summed E-state index contributed by atoms with van der Waals surface area (Å²) in [6, 6.07) is 3.40. The number of hydrogen-bond donors (Lipinski definition) is 1. The quantitative estimate of drug-likeness (QED) is 0.451. The molecule has 0 saturated heterocycles. The van der Waals surface area contributed by atoms with Crippen LogP contribution in [0.5, 0.6) is 0 Å². The summed E-state index contributed by atoms with van der Waals surface area (Å²) in [4.78, 5) is 0. The van der Waals surface area contributed by atoms with Crippen molar-refractivity contribution in [2.24, 2.45) is 5.73 Å². The molecule has 0 heterocycles. The fourth-order valence-electron chi connectivity index (χ4n) is 0.144. The Morgan fingerprint density at radius 2 is 1.88 bits per heavy atom. The highest BCUT2D eigenvalue weighted by Gasteiger charge is 1.90. The standard InChI is InChI=1S/C5H5N3/c1-4(2-6)5(8)3-7/h8H2,1H3/b5-4+. The molecule has 8 heavy (non-hydrogen) atoms. The topological polar surface area (TPSA) is 73.6 Å². The van der Waals surface area contributed by atoms with Crippen molar-refractivity contribution >= 4 is 0 Å². The summed E-state index contributed by atoms with van der Waals surface area (Å²) in [5.74, 6) is 0. The van der Waals surface area contributed by atoms with Gasteiger partial charge in [-0.2, -0.15) is 10.5 Å². The van der Waals surface area contributed by atoms with Crippen molar-refractivity contribution in [2.45, 2.75) is 6.92 Å². The number of nitrogens with two attached hydrogens (primary N) is 1. The lowest BCUT2D eigenvalue weighted by molar-refractivity contribution is 1.30. The molecule has 3 nitrogen and oxygen atoms in total. The molecule has 0 aromatic carbocycles. The average Bonchev–Trinajstić information content (AvgIpc) is 1.84. The summed E-state index contributed by atoms with van der Waals surface area (Å²) in [6.45, 7) is 1.50. The molecule has 0 radical (unpaired) electrons. The molecule has 0 aromatic heterocycles. The van der Waals surface area contributed by atoms with Gasteiger partial charge in [-0.05, 0) is 6.92 Å². The van der Waals surface area contributed by atoms with Crippen LogP contribution in [0.4, 0.5) is 0 Å². The van der Waals surface area contributed by atoms with Crippen LogP contribution in [0, 0.1) is 22.7 Å². The first-order chi connectivity index (χ1) is 3.72. The number of hydrogen-bond acceptors (Lipinski definition) is 3. The Hall–Kier alpha value is -1.48. The van der Waals surface area contributed by atoms with Gasteiger partial charge < -0.3 is 5.73 Å². The van der Waals surface area contributed by atoms with Crippen LogP contribution in [0.15, 0.2) is 11.3 Å². The fraction of sp³-hybridized carbons (Fsp3) is 0.200. The number of rotatable bonds is 0. The van der Waals surface area contributed by atoms with Gasteiger partial charge in [-0.25, -0.2) is 0 Å². The van der Waals surface area contributed by atoms with Crippen LogP contribution in [-0.2, 0) is 0 Å². The monoisotopic (exact) mass is 107 g/mol. The van der Waals surface area contributed by atoms with Crippen LogP contribution in [0.25, 0.3) is 0 Å². The first-order valence-corrected chi connectivity index (χ1v) is 1.99. The van der Waals surface area contributed by atoms with E-state index in [4.69, 9.17) is 16.3 Å². The van der Waals surface area contributed by atoms with Crippen molar-refractivity contribution in [1.82, 2.24) is 0 Å². The number of nitriles is 2. The fourth-order valence-corrected chi connectivity index (χ4v) is 0.144. The smallest absolute Gasteiger partial charge is 0.124 e. The zero-order valence-corrected chi connectivity index (χ0v) is 4.47. The van der Waals surface area contributed by atoms with Crippen LogP contribution in [-0.4, -0.2) is 0 Å². The van der Waals surface area contributed by atoms with Crippen molar-refractivity contribution in [2.75, 3.05) is 0 Å². The van der Waals surface area contributed by atoms with Crippen LogP contribution in [0.2, 0.25) is 0 Å². The molecule has 3 heteroatoms. The van der Waals surface area contributed by atoms with Crippen LogP contribution >= 0.6 is 0 Å². The highest BCUT2D eigenvalue weighted by Crippen LogP contribution is 1.91. The first kappa shape index (κ1) is 6.52. The maximum atomic E-state index is 8.10. The SMILES string of the molecule is C/C(C#N)=C(\N)C#N. The summed E-state index contributed by atoms with van der Waals surface area (Å²) in [5.41, 5.74) is 5.29. The van der Waals surface area contributed by atoms with Gasteiger partial charge in [0.25, 0.3) is 0 Å². The zero-order valence-electron chi connectivity index (χ0n) is 4.47. The van der Waals surface area contributed by atoms with Gasteiger partial charge in [0.1, 0.15) is 11.8 Å². The third-order valence-corrected chi connectivity index (χ3v) is 0.692. The van der Waals surface area contributed by atoms with Crippen LogP contribution < -0.4 is 5.73 Å². The van der Waals surface area contributed by atoms with Crippen LogP contribution in [0.3, 0.4) is 0 Å². The number of allylic oxidation sites excluding steroid dienone is 2. The van der Waals surface area contributed by atoms with Crippen molar-refractivity contribution in [3.63, 3.8) is 0 Å². The average molecular weight is 107 g/mol. The second kappa shape index (κ2) is 2.65. The highest BCUT2D eigenvalue weighted by molar-refractivity contribution is 5.32. The van der Waals surface area contributed by atoms with E-state index in [0.29, 0.717) is 0 Å². The Morgan fingerprint density at radius 3 is 2.00 bits per heavy atom. The van der Waals surface area contributed by atoms with E-state index in [1.165, 1.54) is 6.92 Å².